The summed E-state index contributed by atoms with van der Waals surface area (Å²) in [6.07, 6.45) is 2.19. The SMILES string of the molecule is COc1ccc(CNC(=O)c2ccc3c(c2)nc2n3CC[C@H](C)C2)cc1. The van der Waals surface area contributed by atoms with Crippen molar-refractivity contribution >= 4 is 16.9 Å². The van der Waals surface area contributed by atoms with Crippen LogP contribution in [0.4, 0.5) is 0 Å². The zero-order chi connectivity index (χ0) is 18.1. The number of fused-ring (bicyclic) bond motifs is 3. The summed E-state index contributed by atoms with van der Waals surface area (Å²) < 4.78 is 7.44. The minimum absolute atomic E-state index is 0.0814. The molecule has 134 valence electrons. The van der Waals surface area contributed by atoms with E-state index in [-0.39, 0.29) is 5.91 Å². The lowest BCUT2D eigenvalue weighted by atomic mass is 10.0. The average molecular weight is 349 g/mol. The first-order chi connectivity index (χ1) is 12.6. The minimum atomic E-state index is -0.0814. The molecule has 0 saturated carbocycles. The van der Waals surface area contributed by atoms with E-state index in [1.165, 1.54) is 6.42 Å². The predicted molar refractivity (Wildman–Crippen MR) is 101 cm³/mol. The molecule has 0 saturated heterocycles. The van der Waals surface area contributed by atoms with Crippen molar-refractivity contribution in [3.63, 3.8) is 0 Å². The van der Waals surface area contributed by atoms with Gasteiger partial charge in [0.15, 0.2) is 0 Å². The van der Waals surface area contributed by atoms with E-state index in [0.717, 1.165) is 41.1 Å². The monoisotopic (exact) mass is 349 g/mol. The van der Waals surface area contributed by atoms with E-state index in [4.69, 9.17) is 9.72 Å². The van der Waals surface area contributed by atoms with Gasteiger partial charge in [-0.25, -0.2) is 4.98 Å². The van der Waals surface area contributed by atoms with Crippen molar-refractivity contribution in [2.45, 2.75) is 32.9 Å². The Morgan fingerprint density at radius 2 is 2.08 bits per heavy atom. The molecule has 1 amide bonds. The van der Waals surface area contributed by atoms with Gasteiger partial charge in [-0.05, 0) is 48.2 Å². The Hall–Kier alpha value is -2.82. The molecule has 5 nitrogen and oxygen atoms in total. The van der Waals surface area contributed by atoms with Crippen molar-refractivity contribution in [3.8, 4) is 5.75 Å². The number of ether oxygens (including phenoxy) is 1. The largest absolute Gasteiger partial charge is 0.497 e. The van der Waals surface area contributed by atoms with Crippen LogP contribution in [-0.4, -0.2) is 22.6 Å². The molecule has 4 rings (SSSR count). The van der Waals surface area contributed by atoms with Crippen molar-refractivity contribution in [1.29, 1.82) is 0 Å². The third-order valence-corrected chi connectivity index (χ3v) is 5.08. The zero-order valence-corrected chi connectivity index (χ0v) is 15.2. The van der Waals surface area contributed by atoms with Crippen LogP contribution in [-0.2, 0) is 19.5 Å². The fourth-order valence-electron chi connectivity index (χ4n) is 3.52. The number of amides is 1. The summed E-state index contributed by atoms with van der Waals surface area (Å²) in [6.45, 7) is 3.76. The van der Waals surface area contributed by atoms with Gasteiger partial charge < -0.3 is 14.6 Å². The first-order valence-corrected chi connectivity index (χ1v) is 9.04. The van der Waals surface area contributed by atoms with Crippen LogP contribution in [0, 0.1) is 5.92 Å². The van der Waals surface area contributed by atoms with Crippen molar-refractivity contribution < 1.29 is 9.53 Å². The normalized spacial score (nSPS) is 16.3. The van der Waals surface area contributed by atoms with Crippen molar-refractivity contribution in [2.75, 3.05) is 7.11 Å². The molecular formula is C21H23N3O2. The minimum Gasteiger partial charge on any atom is -0.497 e. The van der Waals surface area contributed by atoms with Gasteiger partial charge in [-0.3, -0.25) is 4.79 Å². The van der Waals surface area contributed by atoms with Gasteiger partial charge in [-0.2, -0.15) is 0 Å². The Kier molecular flexibility index (Phi) is 4.37. The molecule has 1 aromatic heterocycles. The number of hydrogen-bond acceptors (Lipinski definition) is 3. The number of carbonyl (C=O) groups excluding carboxylic acids is 1. The number of carbonyl (C=O) groups is 1. The third kappa shape index (κ3) is 3.17. The molecule has 1 atom stereocenters. The lowest BCUT2D eigenvalue weighted by Crippen LogP contribution is -2.22. The first-order valence-electron chi connectivity index (χ1n) is 9.04. The van der Waals surface area contributed by atoms with Gasteiger partial charge in [0.05, 0.1) is 18.1 Å². The molecule has 0 aliphatic carbocycles. The number of nitrogens with zero attached hydrogens (tertiary/aromatic N) is 2. The molecule has 2 aromatic carbocycles. The average Bonchev–Trinajstić information content (AvgIpc) is 3.02. The van der Waals surface area contributed by atoms with Crippen molar-refractivity contribution in [1.82, 2.24) is 14.9 Å². The van der Waals surface area contributed by atoms with Crippen LogP contribution in [0.5, 0.6) is 5.75 Å². The van der Waals surface area contributed by atoms with Crippen LogP contribution in [0.1, 0.15) is 35.1 Å². The molecule has 26 heavy (non-hydrogen) atoms. The van der Waals surface area contributed by atoms with Crippen molar-refractivity contribution in [2.24, 2.45) is 5.92 Å². The molecular weight excluding hydrogens is 326 g/mol. The number of imidazole rings is 1. The van der Waals surface area contributed by atoms with Crippen LogP contribution in [0.2, 0.25) is 0 Å². The van der Waals surface area contributed by atoms with E-state index < -0.39 is 0 Å². The topological polar surface area (TPSA) is 56.1 Å². The molecule has 3 aromatic rings. The molecule has 0 bridgehead atoms. The van der Waals surface area contributed by atoms with Gasteiger partial charge in [0.1, 0.15) is 11.6 Å². The maximum absolute atomic E-state index is 12.5. The Bertz CT molecular complexity index is 944. The number of nitrogens with one attached hydrogen (secondary N) is 1. The van der Waals surface area contributed by atoms with E-state index in [9.17, 15) is 4.79 Å². The summed E-state index contributed by atoms with van der Waals surface area (Å²) in [5, 5.41) is 2.97. The quantitative estimate of drug-likeness (QED) is 0.783. The fourth-order valence-corrected chi connectivity index (χ4v) is 3.52. The van der Waals surface area contributed by atoms with E-state index in [0.29, 0.717) is 18.0 Å². The van der Waals surface area contributed by atoms with Crippen LogP contribution >= 0.6 is 0 Å². The number of aryl methyl sites for hydroxylation is 1. The maximum atomic E-state index is 12.5. The number of methoxy groups -OCH3 is 1. The van der Waals surface area contributed by atoms with Gasteiger partial charge in [-0.1, -0.05) is 19.1 Å². The second-order valence-electron chi connectivity index (χ2n) is 7.01. The smallest absolute Gasteiger partial charge is 0.251 e. The molecule has 0 radical (unpaired) electrons. The standard InChI is InChI=1S/C21H23N3O2/c1-14-9-10-24-19-8-5-16(12-18(19)23-20(24)11-14)21(25)22-13-15-3-6-17(26-2)7-4-15/h3-8,12,14H,9-11,13H2,1-2H3,(H,22,25)/t14-/m0/s1. The summed E-state index contributed by atoms with van der Waals surface area (Å²) in [7, 11) is 1.64. The highest BCUT2D eigenvalue weighted by Gasteiger charge is 2.19. The Labute approximate surface area is 153 Å². The molecule has 0 unspecified atom stereocenters. The lowest BCUT2D eigenvalue weighted by molar-refractivity contribution is 0.0951. The lowest BCUT2D eigenvalue weighted by Gasteiger charge is -2.19. The molecule has 1 aliphatic rings. The molecule has 0 spiro atoms. The van der Waals surface area contributed by atoms with Crippen molar-refractivity contribution in [3.05, 3.63) is 59.4 Å². The maximum Gasteiger partial charge on any atom is 0.251 e. The van der Waals surface area contributed by atoms with Gasteiger partial charge in [0, 0.05) is 25.1 Å². The molecule has 2 heterocycles. The molecule has 1 N–H and O–H groups in total. The van der Waals surface area contributed by atoms with Crippen LogP contribution in [0.3, 0.4) is 0 Å². The highest BCUT2D eigenvalue weighted by Crippen LogP contribution is 2.25. The Morgan fingerprint density at radius 1 is 1.27 bits per heavy atom. The van der Waals surface area contributed by atoms with Crippen LogP contribution in [0.15, 0.2) is 42.5 Å². The Morgan fingerprint density at radius 3 is 2.85 bits per heavy atom. The highest BCUT2D eigenvalue weighted by molar-refractivity contribution is 5.97. The fraction of sp³-hybridized carbons (Fsp3) is 0.333. The van der Waals surface area contributed by atoms with Gasteiger partial charge in [0.25, 0.3) is 5.91 Å². The second kappa shape index (κ2) is 6.83. The summed E-state index contributed by atoms with van der Waals surface area (Å²) >= 11 is 0. The Balaban J connectivity index is 1.49. The van der Waals surface area contributed by atoms with E-state index >= 15 is 0 Å². The first kappa shape index (κ1) is 16.6. The molecule has 1 aliphatic heterocycles. The third-order valence-electron chi connectivity index (χ3n) is 5.08. The molecule has 5 heteroatoms. The summed E-state index contributed by atoms with van der Waals surface area (Å²) in [5.41, 5.74) is 3.71. The van der Waals surface area contributed by atoms with Crippen LogP contribution in [0.25, 0.3) is 11.0 Å². The predicted octanol–water partition coefficient (Wildman–Crippen LogP) is 3.56. The summed E-state index contributed by atoms with van der Waals surface area (Å²) in [6, 6.07) is 13.5. The number of benzene rings is 2. The zero-order valence-electron chi connectivity index (χ0n) is 15.2. The highest BCUT2D eigenvalue weighted by atomic mass is 16.5. The van der Waals surface area contributed by atoms with Gasteiger partial charge in [-0.15, -0.1) is 0 Å². The summed E-state index contributed by atoms with van der Waals surface area (Å²) in [5.74, 6) is 2.53. The second-order valence-corrected chi connectivity index (χ2v) is 7.01. The number of hydrogen-bond donors (Lipinski definition) is 1. The van der Waals surface area contributed by atoms with E-state index in [2.05, 4.69) is 16.8 Å². The summed E-state index contributed by atoms with van der Waals surface area (Å²) in [4.78, 5) is 17.3. The number of rotatable bonds is 4. The van der Waals surface area contributed by atoms with Gasteiger partial charge in [0.2, 0.25) is 0 Å². The van der Waals surface area contributed by atoms with E-state index in [1.54, 1.807) is 7.11 Å². The molecule has 0 fully saturated rings. The number of aromatic nitrogens is 2. The van der Waals surface area contributed by atoms with E-state index in [1.807, 2.05) is 42.5 Å². The van der Waals surface area contributed by atoms with Gasteiger partial charge >= 0.3 is 0 Å². The van der Waals surface area contributed by atoms with Crippen LogP contribution < -0.4 is 10.1 Å².